The summed E-state index contributed by atoms with van der Waals surface area (Å²) in [6.07, 6.45) is 21.7. The summed E-state index contributed by atoms with van der Waals surface area (Å²) in [6, 6.07) is 0. The molecule has 0 fully saturated rings. The van der Waals surface area contributed by atoms with E-state index in [1.54, 1.807) is 6.92 Å². The van der Waals surface area contributed by atoms with Crippen LogP contribution in [0.5, 0.6) is 0 Å². The highest BCUT2D eigenvalue weighted by Crippen LogP contribution is 2.41. The third-order valence-electron chi connectivity index (χ3n) is 6.58. The SMILES string of the molecule is C.C.C.CCCC1C(F)=C(F)C(F)=C(F)C1F.CCCC1C=CC(C(C)(C)C)=CC1.CCCC1C=CC=CC1. The lowest BCUT2D eigenvalue weighted by atomic mass is 9.81. The minimum absolute atomic E-state index is 0. The Labute approximate surface area is 237 Å². The maximum absolute atomic E-state index is 13.0. The Kier molecular flexibility index (Phi) is 22.3. The Balaban J connectivity index is -0.000000490. The molecule has 0 aromatic carbocycles. The van der Waals surface area contributed by atoms with E-state index < -0.39 is 35.4 Å². The summed E-state index contributed by atoms with van der Waals surface area (Å²) in [7, 11) is 0. The van der Waals surface area contributed by atoms with Crippen molar-refractivity contribution in [1.29, 1.82) is 0 Å². The van der Waals surface area contributed by atoms with E-state index in [2.05, 4.69) is 77.2 Å². The van der Waals surface area contributed by atoms with E-state index in [0.717, 1.165) is 11.8 Å². The summed E-state index contributed by atoms with van der Waals surface area (Å²) >= 11 is 0. The second-order valence-electron chi connectivity index (χ2n) is 10.8. The van der Waals surface area contributed by atoms with Gasteiger partial charge in [-0.2, -0.15) is 0 Å². The van der Waals surface area contributed by atoms with Crippen molar-refractivity contribution in [3.63, 3.8) is 0 Å². The fraction of sp³-hybridized carbons (Fsp3) is 0.647. The number of hydrogen-bond acceptors (Lipinski definition) is 0. The van der Waals surface area contributed by atoms with Gasteiger partial charge in [0, 0.05) is 0 Å². The average Bonchev–Trinajstić information content (AvgIpc) is 2.86. The number of allylic oxidation sites excluding steroid dienone is 12. The van der Waals surface area contributed by atoms with Crippen LogP contribution in [0.15, 0.2) is 71.4 Å². The molecule has 0 nitrogen and oxygen atoms in total. The van der Waals surface area contributed by atoms with Gasteiger partial charge >= 0.3 is 0 Å². The van der Waals surface area contributed by atoms with Crippen molar-refractivity contribution in [1.82, 2.24) is 0 Å². The highest BCUT2D eigenvalue weighted by molar-refractivity contribution is 5.33. The molecule has 0 saturated heterocycles. The molecule has 3 rings (SSSR count). The van der Waals surface area contributed by atoms with Gasteiger partial charge in [0.05, 0.1) is 5.92 Å². The van der Waals surface area contributed by atoms with Crippen molar-refractivity contribution >= 4 is 0 Å². The fourth-order valence-electron chi connectivity index (χ4n) is 4.41. The monoisotopic (exact) mass is 560 g/mol. The van der Waals surface area contributed by atoms with Crippen molar-refractivity contribution in [3.8, 4) is 0 Å². The van der Waals surface area contributed by atoms with Crippen LogP contribution in [-0.4, -0.2) is 6.17 Å². The molecule has 39 heavy (non-hydrogen) atoms. The van der Waals surface area contributed by atoms with Crippen LogP contribution in [0.2, 0.25) is 0 Å². The molecule has 0 N–H and O–H groups in total. The molecule has 0 heterocycles. The first-order chi connectivity index (χ1) is 17.0. The quantitative estimate of drug-likeness (QED) is 0.283. The van der Waals surface area contributed by atoms with Gasteiger partial charge in [-0.3, -0.25) is 0 Å². The number of alkyl halides is 1. The van der Waals surface area contributed by atoms with Gasteiger partial charge in [0.25, 0.3) is 0 Å². The lowest BCUT2D eigenvalue weighted by Crippen LogP contribution is -2.22. The topological polar surface area (TPSA) is 0 Å². The van der Waals surface area contributed by atoms with Gasteiger partial charge in [-0.1, -0.05) is 126 Å². The summed E-state index contributed by atoms with van der Waals surface area (Å²) in [5.74, 6) is -7.23. The molecule has 0 amide bonds. The van der Waals surface area contributed by atoms with Crippen LogP contribution < -0.4 is 0 Å². The van der Waals surface area contributed by atoms with Crippen LogP contribution in [0.25, 0.3) is 0 Å². The number of hydrogen-bond donors (Lipinski definition) is 0. The Hall–Kier alpha value is -1.91. The van der Waals surface area contributed by atoms with Crippen LogP contribution in [0.3, 0.4) is 0 Å². The molecule has 5 heteroatoms. The standard InChI is InChI=1S/C13H22.C9H9F5.C9H14.3CH4/c1-5-6-11-7-9-12(10-8-11)13(2,3)4;1-2-3-4-5(10)7(12)9(14)8(13)6(4)11;1-2-6-9-7-4-3-5-8-9;;;/h7,9-11H,5-6,8H2,1-4H3;4-5H,2-3H2,1H3;3-5,7,9H,2,6,8H2,1H3;3*1H4. The Morgan fingerprint density at radius 1 is 0.718 bits per heavy atom. The average molecular weight is 561 g/mol. The minimum atomic E-state index is -2.41. The van der Waals surface area contributed by atoms with Crippen LogP contribution in [0.4, 0.5) is 22.0 Å². The zero-order chi connectivity index (χ0) is 27.3. The zero-order valence-corrected chi connectivity index (χ0v) is 22.9. The zero-order valence-electron chi connectivity index (χ0n) is 22.9. The molecule has 0 radical (unpaired) electrons. The summed E-state index contributed by atoms with van der Waals surface area (Å²) in [5.41, 5.74) is 1.83. The maximum Gasteiger partial charge on any atom is 0.195 e. The molecule has 4 atom stereocenters. The van der Waals surface area contributed by atoms with Crippen molar-refractivity contribution in [2.45, 2.75) is 121 Å². The summed E-state index contributed by atoms with van der Waals surface area (Å²) in [6.45, 7) is 13.0. The summed E-state index contributed by atoms with van der Waals surface area (Å²) in [4.78, 5) is 0. The molecule has 3 aliphatic rings. The van der Waals surface area contributed by atoms with Gasteiger partial charge in [0.2, 0.25) is 0 Å². The van der Waals surface area contributed by atoms with E-state index in [0.29, 0.717) is 11.8 Å². The van der Waals surface area contributed by atoms with Gasteiger partial charge in [0.1, 0.15) is 5.83 Å². The largest absolute Gasteiger partial charge is 0.239 e. The smallest absolute Gasteiger partial charge is 0.195 e. The van der Waals surface area contributed by atoms with Crippen LogP contribution in [-0.2, 0) is 0 Å². The summed E-state index contributed by atoms with van der Waals surface area (Å²) in [5, 5.41) is 0. The maximum atomic E-state index is 13.0. The number of halogens is 5. The molecule has 0 saturated carbocycles. The van der Waals surface area contributed by atoms with E-state index in [-0.39, 0.29) is 28.7 Å². The second kappa shape index (κ2) is 20.9. The number of rotatable bonds is 6. The molecule has 0 spiro atoms. The third kappa shape index (κ3) is 13.8. The predicted octanol–water partition coefficient (Wildman–Crippen LogP) is 13.2. The molecule has 4 unspecified atom stereocenters. The van der Waals surface area contributed by atoms with Crippen LogP contribution in [0.1, 0.15) is 115 Å². The molecule has 0 aliphatic heterocycles. The van der Waals surface area contributed by atoms with Crippen molar-refractivity contribution in [2.75, 3.05) is 0 Å². The van der Waals surface area contributed by atoms with Crippen molar-refractivity contribution in [3.05, 3.63) is 71.4 Å². The van der Waals surface area contributed by atoms with Gasteiger partial charge in [-0.15, -0.1) is 0 Å². The molecular formula is C34H57F5. The first-order valence-electron chi connectivity index (χ1n) is 13.4. The Morgan fingerprint density at radius 3 is 1.64 bits per heavy atom. The van der Waals surface area contributed by atoms with E-state index >= 15 is 0 Å². The van der Waals surface area contributed by atoms with E-state index in [1.807, 2.05) is 0 Å². The van der Waals surface area contributed by atoms with Gasteiger partial charge in [-0.25, -0.2) is 22.0 Å². The first kappa shape index (κ1) is 41.6. The van der Waals surface area contributed by atoms with Gasteiger partial charge in [0.15, 0.2) is 23.7 Å². The highest BCUT2D eigenvalue weighted by Gasteiger charge is 2.39. The highest BCUT2D eigenvalue weighted by atomic mass is 19.2. The predicted molar refractivity (Wildman–Crippen MR) is 163 cm³/mol. The van der Waals surface area contributed by atoms with Gasteiger partial charge < -0.3 is 0 Å². The lowest BCUT2D eigenvalue weighted by Gasteiger charge is -2.24. The fourth-order valence-corrected chi connectivity index (χ4v) is 4.41. The lowest BCUT2D eigenvalue weighted by molar-refractivity contribution is 0.196. The Morgan fingerprint density at radius 2 is 1.23 bits per heavy atom. The van der Waals surface area contributed by atoms with E-state index in [4.69, 9.17) is 0 Å². The Bertz CT molecular complexity index is 851. The van der Waals surface area contributed by atoms with E-state index in [9.17, 15) is 22.0 Å². The molecule has 0 aromatic rings. The normalized spacial score (nSPS) is 23.7. The molecule has 228 valence electrons. The van der Waals surface area contributed by atoms with Crippen molar-refractivity contribution in [2.24, 2.45) is 23.2 Å². The van der Waals surface area contributed by atoms with Gasteiger partial charge in [-0.05, 0) is 54.9 Å². The van der Waals surface area contributed by atoms with Crippen LogP contribution in [0, 0.1) is 23.2 Å². The third-order valence-corrected chi connectivity index (χ3v) is 6.58. The van der Waals surface area contributed by atoms with E-state index in [1.165, 1.54) is 44.1 Å². The molecule has 3 aliphatic carbocycles. The minimum Gasteiger partial charge on any atom is -0.239 e. The molecular weight excluding hydrogens is 503 g/mol. The molecule has 0 bridgehead atoms. The first-order valence-corrected chi connectivity index (χ1v) is 13.4. The van der Waals surface area contributed by atoms with Crippen LogP contribution >= 0.6 is 0 Å². The summed E-state index contributed by atoms with van der Waals surface area (Å²) < 4.78 is 63.7. The van der Waals surface area contributed by atoms with Crippen molar-refractivity contribution < 1.29 is 22.0 Å². The molecule has 0 aromatic heterocycles. The second-order valence-corrected chi connectivity index (χ2v) is 10.8.